The summed E-state index contributed by atoms with van der Waals surface area (Å²) in [5.41, 5.74) is 7.87. The van der Waals surface area contributed by atoms with Gasteiger partial charge in [-0.15, -0.1) is 12.4 Å². The number of likely N-dealkylation sites (tertiary alicyclic amines) is 1. The molecule has 1 aromatic heterocycles. The van der Waals surface area contributed by atoms with Crippen molar-refractivity contribution in [3.63, 3.8) is 0 Å². The standard InChI is InChI=1S/C17H21FN4O.ClH/c1-11(19)13-3-2-8-22(10-13)17(23)15-9-20-21-16(15)12-4-6-14(18)7-5-12;/h4-7,9,11,13H,2-3,8,10,19H2,1H3,(H,20,21);1H. The Bertz CT molecular complexity index is 686. The van der Waals surface area contributed by atoms with E-state index in [9.17, 15) is 9.18 Å². The number of aromatic nitrogens is 2. The van der Waals surface area contributed by atoms with E-state index in [0.29, 0.717) is 23.7 Å². The Morgan fingerprint density at radius 1 is 1.42 bits per heavy atom. The van der Waals surface area contributed by atoms with E-state index < -0.39 is 0 Å². The third-order valence-electron chi connectivity index (χ3n) is 4.49. The summed E-state index contributed by atoms with van der Waals surface area (Å²) in [5.74, 6) is -0.0331. The fraction of sp³-hybridized carbons (Fsp3) is 0.412. The van der Waals surface area contributed by atoms with Crippen LogP contribution in [0.3, 0.4) is 0 Å². The van der Waals surface area contributed by atoms with E-state index in [2.05, 4.69) is 10.2 Å². The number of hydrogen-bond donors (Lipinski definition) is 2. The van der Waals surface area contributed by atoms with Crippen LogP contribution in [0, 0.1) is 11.7 Å². The lowest BCUT2D eigenvalue weighted by Crippen LogP contribution is -2.45. The van der Waals surface area contributed by atoms with Gasteiger partial charge in [-0.3, -0.25) is 9.89 Å². The Hall–Kier alpha value is -1.92. The van der Waals surface area contributed by atoms with Crippen molar-refractivity contribution in [1.29, 1.82) is 0 Å². The van der Waals surface area contributed by atoms with Crippen molar-refractivity contribution in [1.82, 2.24) is 15.1 Å². The van der Waals surface area contributed by atoms with Crippen LogP contribution in [0.2, 0.25) is 0 Å². The van der Waals surface area contributed by atoms with Crippen LogP contribution in [-0.4, -0.2) is 40.1 Å². The molecule has 3 rings (SSSR count). The van der Waals surface area contributed by atoms with Crippen LogP contribution >= 0.6 is 12.4 Å². The molecule has 2 aromatic rings. The van der Waals surface area contributed by atoms with Crippen LogP contribution in [0.25, 0.3) is 11.3 Å². The molecule has 130 valence electrons. The lowest BCUT2D eigenvalue weighted by molar-refractivity contribution is 0.0662. The van der Waals surface area contributed by atoms with Gasteiger partial charge in [-0.25, -0.2) is 4.39 Å². The minimum Gasteiger partial charge on any atom is -0.338 e. The summed E-state index contributed by atoms with van der Waals surface area (Å²) in [7, 11) is 0. The lowest BCUT2D eigenvalue weighted by Gasteiger charge is -2.34. The highest BCUT2D eigenvalue weighted by atomic mass is 35.5. The number of H-pyrrole nitrogens is 1. The van der Waals surface area contributed by atoms with Gasteiger partial charge in [0.15, 0.2) is 0 Å². The van der Waals surface area contributed by atoms with E-state index >= 15 is 0 Å². The minimum atomic E-state index is -0.308. The molecule has 0 saturated carbocycles. The summed E-state index contributed by atoms with van der Waals surface area (Å²) in [6.45, 7) is 3.39. The number of piperidine rings is 1. The SMILES string of the molecule is CC(N)C1CCCN(C(=O)c2cn[nH]c2-c2ccc(F)cc2)C1.Cl. The summed E-state index contributed by atoms with van der Waals surface area (Å²) >= 11 is 0. The van der Waals surface area contributed by atoms with Gasteiger partial charge in [0, 0.05) is 24.7 Å². The van der Waals surface area contributed by atoms with E-state index in [-0.39, 0.29) is 30.2 Å². The number of amides is 1. The van der Waals surface area contributed by atoms with Gasteiger partial charge in [-0.05, 0) is 49.9 Å². The number of carbonyl (C=O) groups is 1. The number of benzene rings is 1. The predicted molar refractivity (Wildman–Crippen MR) is 93.5 cm³/mol. The van der Waals surface area contributed by atoms with Crippen LogP contribution in [-0.2, 0) is 0 Å². The maximum atomic E-state index is 13.1. The first-order chi connectivity index (χ1) is 11.1. The molecular weight excluding hydrogens is 331 g/mol. The van der Waals surface area contributed by atoms with Gasteiger partial charge < -0.3 is 10.6 Å². The summed E-state index contributed by atoms with van der Waals surface area (Å²) in [6.07, 6.45) is 3.55. The number of rotatable bonds is 3. The van der Waals surface area contributed by atoms with Gasteiger partial charge >= 0.3 is 0 Å². The molecule has 24 heavy (non-hydrogen) atoms. The van der Waals surface area contributed by atoms with Gasteiger partial charge in [0.25, 0.3) is 5.91 Å². The average Bonchev–Trinajstić information content (AvgIpc) is 3.04. The molecular formula is C17H22ClFN4O. The molecule has 1 aliphatic heterocycles. The maximum Gasteiger partial charge on any atom is 0.257 e. The van der Waals surface area contributed by atoms with Crippen molar-refractivity contribution in [3.05, 3.63) is 41.8 Å². The van der Waals surface area contributed by atoms with E-state index in [1.807, 2.05) is 11.8 Å². The zero-order valence-corrected chi connectivity index (χ0v) is 14.4. The number of carbonyl (C=O) groups excluding carboxylic acids is 1. The van der Waals surface area contributed by atoms with Crippen molar-refractivity contribution in [2.24, 2.45) is 11.7 Å². The molecule has 2 atom stereocenters. The number of aromatic amines is 1. The Balaban J connectivity index is 0.00000208. The van der Waals surface area contributed by atoms with Crippen LogP contribution in [0.5, 0.6) is 0 Å². The normalized spacial score (nSPS) is 18.8. The number of nitrogens with two attached hydrogens (primary N) is 1. The predicted octanol–water partition coefficient (Wildman–Crippen LogP) is 2.84. The molecule has 2 heterocycles. The van der Waals surface area contributed by atoms with Crippen molar-refractivity contribution < 1.29 is 9.18 Å². The van der Waals surface area contributed by atoms with Gasteiger partial charge in [0.1, 0.15) is 5.82 Å². The molecule has 0 aliphatic carbocycles. The maximum absolute atomic E-state index is 13.1. The van der Waals surface area contributed by atoms with Gasteiger partial charge in [0.2, 0.25) is 0 Å². The van der Waals surface area contributed by atoms with E-state index in [1.165, 1.54) is 18.3 Å². The molecule has 1 amide bonds. The molecule has 7 heteroatoms. The first kappa shape index (κ1) is 18.4. The third kappa shape index (κ3) is 3.76. The summed E-state index contributed by atoms with van der Waals surface area (Å²) in [4.78, 5) is 14.7. The van der Waals surface area contributed by atoms with Crippen LogP contribution in [0.15, 0.2) is 30.5 Å². The van der Waals surface area contributed by atoms with Crippen LogP contribution in [0.4, 0.5) is 4.39 Å². The molecule has 1 aliphatic rings. The molecule has 1 saturated heterocycles. The fourth-order valence-corrected chi connectivity index (χ4v) is 3.08. The molecule has 0 radical (unpaired) electrons. The zero-order chi connectivity index (χ0) is 16.4. The van der Waals surface area contributed by atoms with E-state index in [0.717, 1.165) is 24.9 Å². The highest BCUT2D eigenvalue weighted by Crippen LogP contribution is 2.25. The Morgan fingerprint density at radius 2 is 2.12 bits per heavy atom. The second-order valence-electron chi connectivity index (χ2n) is 6.18. The van der Waals surface area contributed by atoms with Crippen molar-refractivity contribution in [2.45, 2.75) is 25.8 Å². The molecule has 0 bridgehead atoms. The second kappa shape index (κ2) is 7.77. The van der Waals surface area contributed by atoms with E-state index in [4.69, 9.17) is 5.73 Å². The molecule has 0 spiro atoms. The van der Waals surface area contributed by atoms with Gasteiger partial charge in [0.05, 0.1) is 17.5 Å². The largest absolute Gasteiger partial charge is 0.338 e. The zero-order valence-electron chi connectivity index (χ0n) is 13.5. The highest BCUT2D eigenvalue weighted by Gasteiger charge is 2.28. The van der Waals surface area contributed by atoms with Gasteiger partial charge in [-0.1, -0.05) is 0 Å². The molecule has 1 aromatic carbocycles. The van der Waals surface area contributed by atoms with Crippen molar-refractivity contribution in [3.8, 4) is 11.3 Å². The molecule has 2 unspecified atom stereocenters. The monoisotopic (exact) mass is 352 g/mol. The van der Waals surface area contributed by atoms with E-state index in [1.54, 1.807) is 12.1 Å². The van der Waals surface area contributed by atoms with Crippen molar-refractivity contribution in [2.75, 3.05) is 13.1 Å². The minimum absolute atomic E-state index is 0. The molecule has 1 fully saturated rings. The first-order valence-electron chi connectivity index (χ1n) is 7.90. The number of nitrogens with zero attached hydrogens (tertiary/aromatic N) is 2. The quantitative estimate of drug-likeness (QED) is 0.891. The fourth-order valence-electron chi connectivity index (χ4n) is 3.08. The second-order valence-corrected chi connectivity index (χ2v) is 6.18. The Morgan fingerprint density at radius 3 is 2.79 bits per heavy atom. The summed E-state index contributed by atoms with van der Waals surface area (Å²) in [5, 5.41) is 6.85. The highest BCUT2D eigenvalue weighted by molar-refractivity contribution is 5.99. The Labute approximate surface area is 146 Å². The number of nitrogens with one attached hydrogen (secondary N) is 1. The van der Waals surface area contributed by atoms with Gasteiger partial charge in [-0.2, -0.15) is 5.10 Å². The first-order valence-corrected chi connectivity index (χ1v) is 7.90. The number of hydrogen-bond acceptors (Lipinski definition) is 3. The topological polar surface area (TPSA) is 75.0 Å². The third-order valence-corrected chi connectivity index (χ3v) is 4.49. The number of halogens is 2. The molecule has 5 nitrogen and oxygen atoms in total. The van der Waals surface area contributed by atoms with Crippen LogP contribution in [0.1, 0.15) is 30.1 Å². The Kier molecular flexibility index (Phi) is 5.96. The summed E-state index contributed by atoms with van der Waals surface area (Å²) in [6, 6.07) is 6.10. The average molecular weight is 353 g/mol. The molecule has 3 N–H and O–H groups in total. The van der Waals surface area contributed by atoms with Crippen LogP contribution < -0.4 is 5.73 Å². The van der Waals surface area contributed by atoms with Crippen molar-refractivity contribution >= 4 is 18.3 Å². The lowest BCUT2D eigenvalue weighted by atomic mass is 9.91. The smallest absolute Gasteiger partial charge is 0.257 e. The summed E-state index contributed by atoms with van der Waals surface area (Å²) < 4.78 is 13.1.